The Morgan fingerprint density at radius 2 is 1.76 bits per heavy atom. The number of aryl methyl sites for hydroxylation is 2. The van der Waals surface area contributed by atoms with Gasteiger partial charge in [-0.15, -0.1) is 0 Å². The van der Waals surface area contributed by atoms with Crippen LogP contribution in [-0.4, -0.2) is 33.7 Å². The summed E-state index contributed by atoms with van der Waals surface area (Å²) in [7, 11) is 1.91. The van der Waals surface area contributed by atoms with Gasteiger partial charge in [-0.05, 0) is 50.9 Å². The number of likely N-dealkylation sites (tertiary alicyclic amines) is 1. The summed E-state index contributed by atoms with van der Waals surface area (Å²) in [6, 6.07) is 8.59. The molecule has 0 bridgehead atoms. The first-order chi connectivity index (χ1) is 12.0. The van der Waals surface area contributed by atoms with Crippen molar-refractivity contribution in [3.05, 3.63) is 52.3 Å². The summed E-state index contributed by atoms with van der Waals surface area (Å²) in [5, 5.41) is 7.38. The molecule has 0 spiro atoms. The number of rotatable bonds is 6. The van der Waals surface area contributed by atoms with Gasteiger partial charge in [-0.3, -0.25) is 14.4 Å². The lowest BCUT2D eigenvalue weighted by Gasteiger charge is -2.14. The zero-order valence-corrected chi connectivity index (χ0v) is 15.5. The summed E-state index contributed by atoms with van der Waals surface area (Å²) in [6.07, 6.45) is 3.03. The summed E-state index contributed by atoms with van der Waals surface area (Å²) >= 11 is 0. The summed E-state index contributed by atoms with van der Waals surface area (Å²) < 4.78 is 1.83. The average Bonchev–Trinajstić information content (AvgIpc) is 3.18. The second-order valence-corrected chi connectivity index (χ2v) is 7.03. The van der Waals surface area contributed by atoms with Gasteiger partial charge in [0, 0.05) is 31.4 Å². The van der Waals surface area contributed by atoms with Gasteiger partial charge in [-0.1, -0.05) is 24.3 Å². The van der Waals surface area contributed by atoms with Crippen molar-refractivity contribution < 1.29 is 4.79 Å². The summed E-state index contributed by atoms with van der Waals surface area (Å²) in [4.78, 5) is 14.7. The molecule has 5 heteroatoms. The monoisotopic (exact) mass is 340 g/mol. The van der Waals surface area contributed by atoms with Crippen LogP contribution >= 0.6 is 0 Å². The van der Waals surface area contributed by atoms with E-state index < -0.39 is 0 Å². The number of carbonyl (C=O) groups excluding carboxylic acids is 1. The van der Waals surface area contributed by atoms with Crippen LogP contribution in [0, 0.1) is 13.8 Å². The largest absolute Gasteiger partial charge is 0.352 e. The van der Waals surface area contributed by atoms with Crippen molar-refractivity contribution in [2.24, 2.45) is 7.05 Å². The molecule has 1 aliphatic heterocycles. The van der Waals surface area contributed by atoms with Crippen LogP contribution < -0.4 is 5.32 Å². The third-order valence-electron chi connectivity index (χ3n) is 5.11. The highest BCUT2D eigenvalue weighted by Gasteiger charge is 2.14. The molecule has 1 aromatic carbocycles. The third-order valence-corrected chi connectivity index (χ3v) is 5.11. The minimum atomic E-state index is 0.0420. The van der Waals surface area contributed by atoms with Crippen molar-refractivity contribution in [3.63, 3.8) is 0 Å². The van der Waals surface area contributed by atoms with Crippen LogP contribution in [0.15, 0.2) is 24.3 Å². The van der Waals surface area contributed by atoms with Gasteiger partial charge in [0.05, 0.1) is 12.1 Å². The van der Waals surface area contributed by atoms with E-state index in [9.17, 15) is 4.79 Å². The normalized spacial score (nSPS) is 14.8. The maximum Gasteiger partial charge on any atom is 0.224 e. The summed E-state index contributed by atoms with van der Waals surface area (Å²) in [6.45, 7) is 7.99. The lowest BCUT2D eigenvalue weighted by Crippen LogP contribution is -2.25. The van der Waals surface area contributed by atoms with E-state index in [-0.39, 0.29) is 5.91 Å². The van der Waals surface area contributed by atoms with Crippen LogP contribution in [0.4, 0.5) is 0 Å². The van der Waals surface area contributed by atoms with Crippen LogP contribution in [0.25, 0.3) is 0 Å². The van der Waals surface area contributed by atoms with Crippen LogP contribution in [0.3, 0.4) is 0 Å². The Morgan fingerprint density at radius 1 is 1.12 bits per heavy atom. The Labute approximate surface area is 150 Å². The maximum atomic E-state index is 12.2. The van der Waals surface area contributed by atoms with Crippen molar-refractivity contribution in [1.82, 2.24) is 20.0 Å². The molecule has 2 aromatic rings. The van der Waals surface area contributed by atoms with E-state index in [1.165, 1.54) is 31.5 Å². The highest BCUT2D eigenvalue weighted by atomic mass is 16.1. The van der Waals surface area contributed by atoms with Gasteiger partial charge in [0.1, 0.15) is 0 Å². The molecule has 1 aromatic heterocycles. The first-order valence-electron chi connectivity index (χ1n) is 9.09. The fraction of sp³-hybridized carbons (Fsp3) is 0.500. The molecule has 1 saturated heterocycles. The van der Waals surface area contributed by atoms with E-state index in [4.69, 9.17) is 0 Å². The molecule has 0 aliphatic carbocycles. The standard InChI is InChI=1S/C20H28N4O/c1-15-19(16(2)23(3)22-15)12-20(25)21-13-17-6-8-18(9-7-17)14-24-10-4-5-11-24/h6-9H,4-5,10-14H2,1-3H3,(H,21,25). The number of hydrogen-bond acceptors (Lipinski definition) is 3. The van der Waals surface area contributed by atoms with E-state index >= 15 is 0 Å². The van der Waals surface area contributed by atoms with Crippen LogP contribution in [0.2, 0.25) is 0 Å². The molecule has 1 fully saturated rings. The van der Waals surface area contributed by atoms with Gasteiger partial charge in [-0.25, -0.2) is 0 Å². The van der Waals surface area contributed by atoms with E-state index in [0.717, 1.165) is 29.1 Å². The van der Waals surface area contributed by atoms with Gasteiger partial charge < -0.3 is 5.32 Å². The predicted molar refractivity (Wildman–Crippen MR) is 99.2 cm³/mol. The van der Waals surface area contributed by atoms with Gasteiger partial charge in [0.2, 0.25) is 5.91 Å². The number of nitrogens with one attached hydrogen (secondary N) is 1. The number of benzene rings is 1. The Morgan fingerprint density at radius 3 is 2.36 bits per heavy atom. The van der Waals surface area contributed by atoms with E-state index in [2.05, 4.69) is 39.6 Å². The fourth-order valence-electron chi connectivity index (χ4n) is 3.46. The Kier molecular flexibility index (Phi) is 5.53. The smallest absolute Gasteiger partial charge is 0.224 e. The predicted octanol–water partition coefficient (Wildman–Crippen LogP) is 2.49. The highest BCUT2D eigenvalue weighted by Crippen LogP contribution is 2.14. The summed E-state index contributed by atoms with van der Waals surface area (Å²) in [5.74, 6) is 0.0420. The topological polar surface area (TPSA) is 50.2 Å². The van der Waals surface area contributed by atoms with E-state index in [1.54, 1.807) is 0 Å². The summed E-state index contributed by atoms with van der Waals surface area (Å²) in [5.41, 5.74) is 5.50. The van der Waals surface area contributed by atoms with E-state index in [0.29, 0.717) is 13.0 Å². The van der Waals surface area contributed by atoms with Gasteiger partial charge in [-0.2, -0.15) is 5.10 Å². The maximum absolute atomic E-state index is 12.2. The van der Waals surface area contributed by atoms with Crippen molar-refractivity contribution >= 4 is 5.91 Å². The molecule has 1 N–H and O–H groups in total. The molecule has 1 amide bonds. The molecule has 0 atom stereocenters. The molecule has 134 valence electrons. The molecule has 0 unspecified atom stereocenters. The van der Waals surface area contributed by atoms with Crippen molar-refractivity contribution in [2.45, 2.75) is 46.2 Å². The first-order valence-corrected chi connectivity index (χ1v) is 9.09. The molecule has 0 saturated carbocycles. The molecule has 3 rings (SSSR count). The van der Waals surface area contributed by atoms with E-state index in [1.807, 2.05) is 25.6 Å². The van der Waals surface area contributed by atoms with Gasteiger partial charge >= 0.3 is 0 Å². The second-order valence-electron chi connectivity index (χ2n) is 7.03. The number of carbonyl (C=O) groups is 1. The number of aromatic nitrogens is 2. The number of amides is 1. The minimum Gasteiger partial charge on any atom is -0.352 e. The third kappa shape index (κ3) is 4.48. The average molecular weight is 340 g/mol. The number of nitrogens with zero attached hydrogens (tertiary/aromatic N) is 3. The molecule has 0 radical (unpaired) electrons. The lowest BCUT2D eigenvalue weighted by atomic mass is 10.1. The SMILES string of the molecule is Cc1nn(C)c(C)c1CC(=O)NCc1ccc(CN2CCCC2)cc1. The molecular weight excluding hydrogens is 312 g/mol. The molecule has 5 nitrogen and oxygen atoms in total. The quantitative estimate of drug-likeness (QED) is 0.879. The van der Waals surface area contributed by atoms with Crippen molar-refractivity contribution in [3.8, 4) is 0 Å². The highest BCUT2D eigenvalue weighted by molar-refractivity contribution is 5.79. The zero-order chi connectivity index (χ0) is 17.8. The van der Waals surface area contributed by atoms with Crippen LogP contribution in [0.1, 0.15) is 40.9 Å². The Hall–Kier alpha value is -2.14. The Bertz CT molecular complexity index is 727. The Balaban J connectivity index is 1.50. The van der Waals surface area contributed by atoms with Crippen LogP contribution in [-0.2, 0) is 31.4 Å². The van der Waals surface area contributed by atoms with Crippen LogP contribution in [0.5, 0.6) is 0 Å². The van der Waals surface area contributed by atoms with Gasteiger partial charge in [0.25, 0.3) is 0 Å². The minimum absolute atomic E-state index is 0.0420. The second kappa shape index (κ2) is 7.83. The fourth-order valence-corrected chi connectivity index (χ4v) is 3.46. The molecular formula is C20H28N4O. The lowest BCUT2D eigenvalue weighted by molar-refractivity contribution is -0.120. The van der Waals surface area contributed by atoms with Crippen molar-refractivity contribution in [2.75, 3.05) is 13.1 Å². The zero-order valence-electron chi connectivity index (χ0n) is 15.5. The first kappa shape index (κ1) is 17.7. The molecule has 2 heterocycles. The van der Waals surface area contributed by atoms with Gasteiger partial charge in [0.15, 0.2) is 0 Å². The molecule has 25 heavy (non-hydrogen) atoms. The van der Waals surface area contributed by atoms with Crippen molar-refractivity contribution in [1.29, 1.82) is 0 Å². The molecule has 1 aliphatic rings. The number of hydrogen-bond donors (Lipinski definition) is 1.